The molecule has 0 radical (unpaired) electrons. The Hall–Kier alpha value is -0.940. The summed E-state index contributed by atoms with van der Waals surface area (Å²) in [7, 11) is 0. The van der Waals surface area contributed by atoms with E-state index in [0.29, 0.717) is 5.82 Å². The SMILES string of the molecule is Cc1cc(C(C)n2nnnc2C(C)Cl)c(C)s1. The van der Waals surface area contributed by atoms with E-state index in [0.717, 1.165) is 0 Å². The molecule has 0 aromatic carbocycles. The second-order valence-electron chi connectivity index (χ2n) is 4.14. The smallest absolute Gasteiger partial charge is 0.169 e. The molecule has 2 unspecified atom stereocenters. The Morgan fingerprint density at radius 1 is 1.35 bits per heavy atom. The predicted molar refractivity (Wildman–Crippen MR) is 69.7 cm³/mol. The summed E-state index contributed by atoms with van der Waals surface area (Å²) >= 11 is 7.86. The molecule has 0 aliphatic carbocycles. The van der Waals surface area contributed by atoms with E-state index in [4.69, 9.17) is 11.6 Å². The normalized spacial score (nSPS) is 14.9. The zero-order valence-electron chi connectivity index (χ0n) is 10.3. The highest BCUT2D eigenvalue weighted by atomic mass is 35.5. The van der Waals surface area contributed by atoms with Gasteiger partial charge in [-0.2, -0.15) is 0 Å². The molecule has 4 nitrogen and oxygen atoms in total. The maximum atomic E-state index is 6.07. The quantitative estimate of drug-likeness (QED) is 0.804. The molecular formula is C11H15ClN4S. The van der Waals surface area contributed by atoms with Crippen LogP contribution in [0.5, 0.6) is 0 Å². The van der Waals surface area contributed by atoms with Crippen LogP contribution in [0.15, 0.2) is 6.07 Å². The van der Waals surface area contributed by atoms with Gasteiger partial charge in [-0.05, 0) is 49.8 Å². The van der Waals surface area contributed by atoms with Gasteiger partial charge in [-0.15, -0.1) is 28.0 Å². The fraction of sp³-hybridized carbons (Fsp3) is 0.545. The number of aryl methyl sites for hydroxylation is 2. The Balaban J connectivity index is 2.40. The summed E-state index contributed by atoms with van der Waals surface area (Å²) in [6, 6.07) is 2.31. The van der Waals surface area contributed by atoms with Gasteiger partial charge in [-0.3, -0.25) is 0 Å². The van der Waals surface area contributed by atoms with Gasteiger partial charge in [0.05, 0.1) is 11.4 Å². The van der Waals surface area contributed by atoms with E-state index in [-0.39, 0.29) is 11.4 Å². The second-order valence-corrected chi connectivity index (χ2v) is 6.26. The van der Waals surface area contributed by atoms with Gasteiger partial charge in [0.25, 0.3) is 0 Å². The van der Waals surface area contributed by atoms with Crippen LogP contribution in [0.2, 0.25) is 0 Å². The Kier molecular flexibility index (Phi) is 3.49. The zero-order valence-corrected chi connectivity index (χ0v) is 11.9. The van der Waals surface area contributed by atoms with Crippen molar-refractivity contribution in [2.24, 2.45) is 0 Å². The van der Waals surface area contributed by atoms with E-state index in [9.17, 15) is 0 Å². The number of hydrogen-bond acceptors (Lipinski definition) is 4. The van der Waals surface area contributed by atoms with Crippen LogP contribution in [0.1, 0.15) is 46.4 Å². The van der Waals surface area contributed by atoms with Crippen LogP contribution < -0.4 is 0 Å². The van der Waals surface area contributed by atoms with Crippen LogP contribution in [-0.2, 0) is 0 Å². The number of aromatic nitrogens is 4. The van der Waals surface area contributed by atoms with Crippen molar-refractivity contribution in [1.29, 1.82) is 0 Å². The maximum absolute atomic E-state index is 6.07. The lowest BCUT2D eigenvalue weighted by Crippen LogP contribution is -2.13. The topological polar surface area (TPSA) is 43.6 Å². The lowest BCUT2D eigenvalue weighted by Gasteiger charge is -2.14. The number of hydrogen-bond donors (Lipinski definition) is 0. The van der Waals surface area contributed by atoms with E-state index in [1.54, 1.807) is 16.0 Å². The van der Waals surface area contributed by atoms with Crippen molar-refractivity contribution in [3.8, 4) is 0 Å². The molecule has 0 amide bonds. The van der Waals surface area contributed by atoms with E-state index >= 15 is 0 Å². The summed E-state index contributed by atoms with van der Waals surface area (Å²) in [5, 5.41) is 11.5. The maximum Gasteiger partial charge on any atom is 0.169 e. The number of halogens is 1. The molecule has 6 heteroatoms. The zero-order chi connectivity index (χ0) is 12.6. The second kappa shape index (κ2) is 4.74. The minimum atomic E-state index is -0.188. The highest BCUT2D eigenvalue weighted by molar-refractivity contribution is 7.12. The molecule has 2 aromatic heterocycles. The highest BCUT2D eigenvalue weighted by Gasteiger charge is 2.20. The lowest BCUT2D eigenvalue weighted by atomic mass is 10.1. The number of nitrogens with zero attached hydrogens (tertiary/aromatic N) is 4. The lowest BCUT2D eigenvalue weighted by molar-refractivity contribution is 0.520. The van der Waals surface area contributed by atoms with Crippen molar-refractivity contribution in [3.63, 3.8) is 0 Å². The first-order chi connectivity index (χ1) is 8.00. The average Bonchev–Trinajstić information content (AvgIpc) is 2.83. The van der Waals surface area contributed by atoms with Gasteiger partial charge in [0.1, 0.15) is 0 Å². The fourth-order valence-corrected chi connectivity index (χ4v) is 3.10. The standard InChI is InChI=1S/C11H15ClN4S/c1-6-5-10(9(4)17-6)8(3)16-11(7(2)12)13-14-15-16/h5,7-8H,1-4H3. The summed E-state index contributed by atoms with van der Waals surface area (Å²) in [5.41, 5.74) is 1.26. The molecule has 0 saturated heterocycles. The third-order valence-electron chi connectivity index (χ3n) is 2.77. The Bertz CT molecular complexity index is 517. The molecule has 0 aliphatic heterocycles. The third-order valence-corrected chi connectivity index (χ3v) is 3.95. The number of thiophene rings is 1. The van der Waals surface area contributed by atoms with Crippen molar-refractivity contribution in [3.05, 3.63) is 27.2 Å². The van der Waals surface area contributed by atoms with Crippen LogP contribution in [0, 0.1) is 13.8 Å². The minimum absolute atomic E-state index is 0.117. The summed E-state index contributed by atoms with van der Waals surface area (Å²) in [6.45, 7) is 8.20. The van der Waals surface area contributed by atoms with Gasteiger partial charge in [0, 0.05) is 9.75 Å². The predicted octanol–water partition coefficient (Wildman–Crippen LogP) is 3.26. The molecule has 0 aliphatic rings. The van der Waals surface area contributed by atoms with Crippen LogP contribution >= 0.6 is 22.9 Å². The molecule has 2 rings (SSSR count). The van der Waals surface area contributed by atoms with Gasteiger partial charge >= 0.3 is 0 Å². The summed E-state index contributed by atoms with van der Waals surface area (Å²) in [6.07, 6.45) is 0. The molecule has 17 heavy (non-hydrogen) atoms. The largest absolute Gasteiger partial charge is 0.221 e. The first-order valence-corrected chi connectivity index (χ1v) is 6.74. The average molecular weight is 271 g/mol. The number of alkyl halides is 1. The first-order valence-electron chi connectivity index (χ1n) is 5.49. The van der Waals surface area contributed by atoms with Gasteiger partial charge in [0.2, 0.25) is 0 Å². The number of rotatable bonds is 3. The van der Waals surface area contributed by atoms with Gasteiger partial charge in [0.15, 0.2) is 5.82 Å². The molecule has 0 N–H and O–H groups in total. The summed E-state index contributed by atoms with van der Waals surface area (Å²) in [5.74, 6) is 0.711. The van der Waals surface area contributed by atoms with Gasteiger partial charge in [-0.1, -0.05) is 0 Å². The molecule has 0 saturated carbocycles. The third kappa shape index (κ3) is 2.35. The molecule has 0 bridgehead atoms. The van der Waals surface area contributed by atoms with E-state index < -0.39 is 0 Å². The molecule has 2 aromatic rings. The van der Waals surface area contributed by atoms with E-state index in [1.165, 1.54) is 15.3 Å². The number of tetrazole rings is 1. The first kappa shape index (κ1) is 12.5. The molecule has 92 valence electrons. The van der Waals surface area contributed by atoms with Crippen molar-refractivity contribution >= 4 is 22.9 Å². The van der Waals surface area contributed by atoms with E-state index in [1.807, 2.05) is 6.92 Å². The van der Waals surface area contributed by atoms with Crippen LogP contribution in [-0.4, -0.2) is 20.2 Å². The molecule has 2 atom stereocenters. The van der Waals surface area contributed by atoms with Gasteiger partial charge < -0.3 is 0 Å². The van der Waals surface area contributed by atoms with Crippen molar-refractivity contribution in [2.45, 2.75) is 39.1 Å². The van der Waals surface area contributed by atoms with Crippen molar-refractivity contribution in [2.75, 3.05) is 0 Å². The molecule has 0 spiro atoms. The monoisotopic (exact) mass is 270 g/mol. The van der Waals surface area contributed by atoms with Gasteiger partial charge in [-0.25, -0.2) is 4.68 Å². The highest BCUT2D eigenvalue weighted by Crippen LogP contribution is 2.30. The summed E-state index contributed by atoms with van der Waals surface area (Å²) in [4.78, 5) is 2.61. The van der Waals surface area contributed by atoms with Crippen molar-refractivity contribution in [1.82, 2.24) is 20.2 Å². The van der Waals surface area contributed by atoms with Crippen molar-refractivity contribution < 1.29 is 0 Å². The summed E-state index contributed by atoms with van der Waals surface area (Å²) < 4.78 is 1.80. The molecular weight excluding hydrogens is 256 g/mol. The van der Waals surface area contributed by atoms with E-state index in [2.05, 4.69) is 42.4 Å². The molecule has 2 heterocycles. The van der Waals surface area contributed by atoms with Crippen LogP contribution in [0.3, 0.4) is 0 Å². The minimum Gasteiger partial charge on any atom is -0.221 e. The Morgan fingerprint density at radius 3 is 2.59 bits per heavy atom. The Morgan fingerprint density at radius 2 is 2.06 bits per heavy atom. The van der Waals surface area contributed by atoms with Crippen LogP contribution in [0.25, 0.3) is 0 Å². The fourth-order valence-electron chi connectivity index (χ4n) is 1.94. The molecule has 0 fully saturated rings. The Labute approximate surface area is 110 Å². The van der Waals surface area contributed by atoms with Crippen LogP contribution in [0.4, 0.5) is 0 Å².